The highest BCUT2D eigenvalue weighted by Crippen LogP contribution is 2.33. The molecule has 2 unspecified atom stereocenters. The van der Waals surface area contributed by atoms with Crippen LogP contribution in [0.3, 0.4) is 0 Å². The minimum Gasteiger partial charge on any atom is -0.385 e. The first-order valence-electron chi connectivity index (χ1n) is 9.41. The number of anilines is 1. The first-order chi connectivity index (χ1) is 12.7. The molecule has 0 bridgehead atoms. The molecular formula is C20H28N4O2. The molecule has 6 heteroatoms. The van der Waals surface area contributed by atoms with Gasteiger partial charge in [0.15, 0.2) is 0 Å². The van der Waals surface area contributed by atoms with Gasteiger partial charge in [0.25, 0.3) is 0 Å². The highest BCUT2D eigenvalue weighted by molar-refractivity contribution is 5.42. The van der Waals surface area contributed by atoms with Gasteiger partial charge in [0, 0.05) is 56.6 Å². The molecule has 0 amide bonds. The standard InChI is InChI=1S/C20H28N4O2/c1-23-12-18(11-22-23)13-24-7-8-25-16-20(15-24)9-17(14-26-20)10-21-19-5-3-2-4-6-19/h2-6,11-12,17,21H,7-10,13-16H2,1H3. The number of para-hydroxylation sites is 1. The summed E-state index contributed by atoms with van der Waals surface area (Å²) in [5, 5.41) is 7.81. The maximum absolute atomic E-state index is 6.31. The van der Waals surface area contributed by atoms with E-state index in [2.05, 4.69) is 45.8 Å². The number of aromatic nitrogens is 2. The van der Waals surface area contributed by atoms with E-state index in [1.54, 1.807) is 0 Å². The Balaban J connectivity index is 1.34. The van der Waals surface area contributed by atoms with Crippen LogP contribution in [-0.2, 0) is 23.1 Å². The first kappa shape index (κ1) is 17.5. The first-order valence-corrected chi connectivity index (χ1v) is 9.41. The molecule has 4 rings (SSSR count). The minimum absolute atomic E-state index is 0.179. The molecule has 26 heavy (non-hydrogen) atoms. The van der Waals surface area contributed by atoms with Crippen molar-refractivity contribution in [2.45, 2.75) is 18.6 Å². The van der Waals surface area contributed by atoms with Gasteiger partial charge in [0.05, 0.1) is 26.0 Å². The zero-order chi connectivity index (χ0) is 17.8. The molecule has 2 aliphatic heterocycles. The van der Waals surface area contributed by atoms with E-state index in [1.807, 2.05) is 24.0 Å². The number of nitrogens with zero attached hydrogens (tertiary/aromatic N) is 3. The maximum atomic E-state index is 6.31. The zero-order valence-electron chi connectivity index (χ0n) is 15.4. The van der Waals surface area contributed by atoms with Gasteiger partial charge in [0.2, 0.25) is 0 Å². The van der Waals surface area contributed by atoms with Crippen LogP contribution < -0.4 is 5.32 Å². The van der Waals surface area contributed by atoms with E-state index in [-0.39, 0.29) is 5.60 Å². The Bertz CT molecular complexity index is 705. The third-order valence-electron chi connectivity index (χ3n) is 5.25. The van der Waals surface area contributed by atoms with Crippen LogP contribution in [0.15, 0.2) is 42.7 Å². The molecule has 2 fully saturated rings. The predicted molar refractivity (Wildman–Crippen MR) is 101 cm³/mol. The molecule has 0 aliphatic carbocycles. The van der Waals surface area contributed by atoms with Crippen molar-refractivity contribution in [2.75, 3.05) is 44.8 Å². The number of rotatable bonds is 5. The third-order valence-corrected chi connectivity index (χ3v) is 5.25. The van der Waals surface area contributed by atoms with Crippen molar-refractivity contribution < 1.29 is 9.47 Å². The van der Waals surface area contributed by atoms with Crippen molar-refractivity contribution >= 4 is 5.69 Å². The van der Waals surface area contributed by atoms with E-state index in [9.17, 15) is 0 Å². The molecule has 2 atom stereocenters. The van der Waals surface area contributed by atoms with Gasteiger partial charge in [-0.15, -0.1) is 0 Å². The number of hydrogen-bond donors (Lipinski definition) is 1. The topological polar surface area (TPSA) is 51.5 Å². The van der Waals surface area contributed by atoms with E-state index in [0.29, 0.717) is 12.5 Å². The van der Waals surface area contributed by atoms with Crippen molar-refractivity contribution in [2.24, 2.45) is 13.0 Å². The van der Waals surface area contributed by atoms with Crippen molar-refractivity contribution in [1.82, 2.24) is 14.7 Å². The Labute approximate surface area is 155 Å². The molecule has 0 radical (unpaired) electrons. The van der Waals surface area contributed by atoms with E-state index in [4.69, 9.17) is 9.47 Å². The van der Waals surface area contributed by atoms with Gasteiger partial charge in [0.1, 0.15) is 5.60 Å². The normalized spacial score (nSPS) is 26.9. The van der Waals surface area contributed by atoms with Gasteiger partial charge in [-0.05, 0) is 18.6 Å². The summed E-state index contributed by atoms with van der Waals surface area (Å²) < 4.78 is 14.1. The Kier molecular flexibility index (Phi) is 5.24. The summed E-state index contributed by atoms with van der Waals surface area (Å²) in [5.74, 6) is 0.511. The molecule has 1 spiro atoms. The van der Waals surface area contributed by atoms with Crippen LogP contribution in [0.5, 0.6) is 0 Å². The molecule has 3 heterocycles. The Morgan fingerprint density at radius 1 is 1.31 bits per heavy atom. The van der Waals surface area contributed by atoms with Gasteiger partial charge in [-0.1, -0.05) is 18.2 Å². The van der Waals surface area contributed by atoms with Crippen LogP contribution in [0.2, 0.25) is 0 Å². The van der Waals surface area contributed by atoms with Crippen LogP contribution in [0.1, 0.15) is 12.0 Å². The molecule has 0 saturated carbocycles. The second-order valence-electron chi connectivity index (χ2n) is 7.60. The van der Waals surface area contributed by atoms with E-state index < -0.39 is 0 Å². The molecule has 1 N–H and O–H groups in total. The largest absolute Gasteiger partial charge is 0.385 e. The van der Waals surface area contributed by atoms with Crippen LogP contribution in [0.25, 0.3) is 0 Å². The summed E-state index contributed by atoms with van der Waals surface area (Å²) in [7, 11) is 1.96. The summed E-state index contributed by atoms with van der Waals surface area (Å²) in [6.07, 6.45) is 5.07. The van der Waals surface area contributed by atoms with E-state index in [1.165, 1.54) is 11.3 Å². The molecule has 140 valence electrons. The fraction of sp³-hybridized carbons (Fsp3) is 0.550. The molecule has 2 saturated heterocycles. The average molecular weight is 356 g/mol. The lowest BCUT2D eigenvalue weighted by atomic mass is 9.94. The number of ether oxygens (including phenoxy) is 2. The Hall–Kier alpha value is -1.89. The number of hydrogen-bond acceptors (Lipinski definition) is 5. The monoisotopic (exact) mass is 356 g/mol. The van der Waals surface area contributed by atoms with Crippen molar-refractivity contribution in [1.29, 1.82) is 0 Å². The van der Waals surface area contributed by atoms with Crippen LogP contribution in [0.4, 0.5) is 5.69 Å². The maximum Gasteiger partial charge on any atom is 0.104 e. The summed E-state index contributed by atoms with van der Waals surface area (Å²) >= 11 is 0. The van der Waals surface area contributed by atoms with Crippen LogP contribution >= 0.6 is 0 Å². The summed E-state index contributed by atoms with van der Waals surface area (Å²) in [5.41, 5.74) is 2.23. The fourth-order valence-corrected chi connectivity index (χ4v) is 4.03. The third kappa shape index (κ3) is 4.26. The second-order valence-corrected chi connectivity index (χ2v) is 7.60. The van der Waals surface area contributed by atoms with Gasteiger partial charge in [-0.2, -0.15) is 5.10 Å². The second kappa shape index (κ2) is 7.78. The fourth-order valence-electron chi connectivity index (χ4n) is 4.03. The minimum atomic E-state index is -0.179. The van der Waals surface area contributed by atoms with Gasteiger partial charge in [-0.25, -0.2) is 0 Å². The highest BCUT2D eigenvalue weighted by atomic mass is 16.5. The highest BCUT2D eigenvalue weighted by Gasteiger charge is 2.43. The Morgan fingerprint density at radius 2 is 2.19 bits per heavy atom. The molecule has 1 aromatic heterocycles. The van der Waals surface area contributed by atoms with Crippen LogP contribution in [0, 0.1) is 5.92 Å². The average Bonchev–Trinajstić information content (AvgIpc) is 3.18. The van der Waals surface area contributed by atoms with Gasteiger partial charge >= 0.3 is 0 Å². The van der Waals surface area contributed by atoms with E-state index in [0.717, 1.165) is 45.8 Å². The quantitative estimate of drug-likeness (QED) is 0.890. The Morgan fingerprint density at radius 3 is 3.00 bits per heavy atom. The lowest BCUT2D eigenvalue weighted by Gasteiger charge is -2.31. The molecular weight excluding hydrogens is 328 g/mol. The van der Waals surface area contributed by atoms with Crippen molar-refractivity contribution in [3.05, 3.63) is 48.3 Å². The number of nitrogens with one attached hydrogen (secondary N) is 1. The molecule has 1 aromatic carbocycles. The molecule has 6 nitrogen and oxygen atoms in total. The number of aryl methyl sites for hydroxylation is 1. The van der Waals surface area contributed by atoms with Gasteiger partial charge in [-0.3, -0.25) is 9.58 Å². The summed E-state index contributed by atoms with van der Waals surface area (Å²) in [4.78, 5) is 2.44. The summed E-state index contributed by atoms with van der Waals surface area (Å²) in [6, 6.07) is 10.4. The molecule has 2 aliphatic rings. The zero-order valence-corrected chi connectivity index (χ0v) is 15.4. The lowest BCUT2D eigenvalue weighted by molar-refractivity contribution is -0.0562. The van der Waals surface area contributed by atoms with Crippen molar-refractivity contribution in [3.63, 3.8) is 0 Å². The van der Waals surface area contributed by atoms with E-state index >= 15 is 0 Å². The predicted octanol–water partition coefficient (Wildman–Crippen LogP) is 2.14. The lowest BCUT2D eigenvalue weighted by Crippen LogP contribution is -2.43. The smallest absolute Gasteiger partial charge is 0.104 e. The summed E-state index contributed by atoms with van der Waals surface area (Å²) in [6.45, 7) is 5.95. The SMILES string of the molecule is Cn1cc(CN2CCOCC3(CC(CNc4ccccc4)CO3)C2)cn1. The van der Waals surface area contributed by atoms with Crippen molar-refractivity contribution in [3.8, 4) is 0 Å². The van der Waals surface area contributed by atoms with Crippen LogP contribution in [-0.4, -0.2) is 59.7 Å². The van der Waals surface area contributed by atoms with Gasteiger partial charge < -0.3 is 14.8 Å². The number of benzene rings is 1. The molecule has 2 aromatic rings.